The molecule has 0 amide bonds. The van der Waals surface area contributed by atoms with Crippen LogP contribution in [-0.4, -0.2) is 10.9 Å². The van der Waals surface area contributed by atoms with E-state index in [4.69, 9.17) is 0 Å². The third kappa shape index (κ3) is 4.50. The number of rotatable bonds is 5. The number of hydrogen-bond acceptors (Lipinski definition) is 2. The van der Waals surface area contributed by atoms with Crippen LogP contribution < -0.4 is 0 Å². The van der Waals surface area contributed by atoms with Gasteiger partial charge in [-0.15, -0.1) is 0 Å². The topological polar surface area (TPSA) is 37.3 Å². The van der Waals surface area contributed by atoms with Crippen LogP contribution in [-0.2, 0) is 4.79 Å². The molecule has 0 saturated heterocycles. The van der Waals surface area contributed by atoms with Gasteiger partial charge in [0.1, 0.15) is 0 Å². The molecule has 0 bridgehead atoms. The molecule has 0 aliphatic heterocycles. The van der Waals surface area contributed by atoms with Crippen molar-refractivity contribution in [2.75, 3.05) is 0 Å². The van der Waals surface area contributed by atoms with Gasteiger partial charge >= 0.3 is 0 Å². The molecule has 0 aliphatic rings. The van der Waals surface area contributed by atoms with Crippen LogP contribution in [0.3, 0.4) is 0 Å². The third-order valence-electron chi connectivity index (χ3n) is 2.65. The fraction of sp³-hybridized carbons (Fsp3) is 0.769. The van der Waals surface area contributed by atoms with Crippen molar-refractivity contribution in [3.05, 3.63) is 11.8 Å². The molecule has 0 fully saturated rings. The van der Waals surface area contributed by atoms with Crippen molar-refractivity contribution in [1.29, 1.82) is 0 Å². The summed E-state index contributed by atoms with van der Waals surface area (Å²) >= 11 is 0. The van der Waals surface area contributed by atoms with Gasteiger partial charge in [-0.1, -0.05) is 41.5 Å². The molecule has 2 nitrogen and oxygen atoms in total. The number of aliphatic hydroxyl groups excluding tert-OH is 1. The number of aliphatic hydroxyl groups is 1. The van der Waals surface area contributed by atoms with Crippen LogP contribution in [0.25, 0.3) is 0 Å². The van der Waals surface area contributed by atoms with Crippen molar-refractivity contribution >= 4 is 5.78 Å². The van der Waals surface area contributed by atoms with E-state index < -0.39 is 0 Å². The summed E-state index contributed by atoms with van der Waals surface area (Å²) in [5.41, 5.74) is 0. The first-order valence-electron chi connectivity index (χ1n) is 5.71. The smallest absolute Gasteiger partial charge is 0.162 e. The maximum absolute atomic E-state index is 11.9. The van der Waals surface area contributed by atoms with E-state index in [2.05, 4.69) is 0 Å². The lowest BCUT2D eigenvalue weighted by molar-refractivity contribution is -0.121. The van der Waals surface area contributed by atoms with Crippen molar-refractivity contribution < 1.29 is 9.90 Å². The Hall–Kier alpha value is -0.790. The first-order chi connectivity index (χ1) is 6.77. The summed E-state index contributed by atoms with van der Waals surface area (Å²) in [5, 5.41) is 9.55. The van der Waals surface area contributed by atoms with E-state index in [1.807, 2.05) is 41.5 Å². The largest absolute Gasteiger partial charge is 0.512 e. The van der Waals surface area contributed by atoms with Gasteiger partial charge < -0.3 is 5.11 Å². The standard InChI is InChI=1S/C13H24O2/c1-8(2)11(14)7-12(15)13(9(3)4)10(5)6/h7-10,13-14H,1-6H3/b11-7-. The SMILES string of the molecule is CC(C)/C(O)=C/C(=O)C(C(C)C)C(C)C. The highest BCUT2D eigenvalue weighted by Crippen LogP contribution is 2.23. The highest BCUT2D eigenvalue weighted by atomic mass is 16.3. The molecule has 0 spiro atoms. The number of carbonyl (C=O) groups excluding carboxylic acids is 1. The first kappa shape index (κ1) is 14.2. The van der Waals surface area contributed by atoms with Crippen LogP contribution in [0.2, 0.25) is 0 Å². The molecule has 0 aliphatic carbocycles. The van der Waals surface area contributed by atoms with Gasteiger partial charge in [0.05, 0.1) is 5.76 Å². The monoisotopic (exact) mass is 212 g/mol. The summed E-state index contributed by atoms with van der Waals surface area (Å²) in [6.45, 7) is 11.9. The quantitative estimate of drug-likeness (QED) is 0.558. The Morgan fingerprint density at radius 1 is 1.00 bits per heavy atom. The van der Waals surface area contributed by atoms with Gasteiger partial charge in [-0.2, -0.15) is 0 Å². The molecule has 0 aromatic carbocycles. The van der Waals surface area contributed by atoms with Gasteiger partial charge in [0, 0.05) is 17.9 Å². The van der Waals surface area contributed by atoms with E-state index in [1.54, 1.807) is 0 Å². The van der Waals surface area contributed by atoms with E-state index in [0.717, 1.165) is 0 Å². The lowest BCUT2D eigenvalue weighted by atomic mass is 9.82. The number of hydrogen-bond donors (Lipinski definition) is 1. The number of ketones is 1. The van der Waals surface area contributed by atoms with Crippen LogP contribution in [0.15, 0.2) is 11.8 Å². The normalized spacial score (nSPS) is 13.3. The minimum atomic E-state index is 0.00546. The fourth-order valence-corrected chi connectivity index (χ4v) is 1.84. The second-order valence-corrected chi connectivity index (χ2v) is 5.14. The molecule has 2 heteroatoms. The Balaban J connectivity index is 4.74. The summed E-state index contributed by atoms with van der Waals surface area (Å²) < 4.78 is 0. The van der Waals surface area contributed by atoms with Gasteiger partial charge in [0.15, 0.2) is 5.78 Å². The van der Waals surface area contributed by atoms with Crippen LogP contribution >= 0.6 is 0 Å². The zero-order valence-electron chi connectivity index (χ0n) is 10.7. The third-order valence-corrected chi connectivity index (χ3v) is 2.65. The van der Waals surface area contributed by atoms with Gasteiger partial charge in [-0.3, -0.25) is 4.79 Å². The second kappa shape index (κ2) is 5.94. The average molecular weight is 212 g/mol. The molecular formula is C13H24O2. The maximum Gasteiger partial charge on any atom is 0.162 e. The van der Waals surface area contributed by atoms with Crippen molar-refractivity contribution in [3.63, 3.8) is 0 Å². The zero-order chi connectivity index (χ0) is 12.2. The van der Waals surface area contributed by atoms with Crippen molar-refractivity contribution in [1.82, 2.24) is 0 Å². The highest BCUT2D eigenvalue weighted by molar-refractivity contribution is 5.92. The van der Waals surface area contributed by atoms with Crippen LogP contribution in [0.1, 0.15) is 41.5 Å². The minimum absolute atomic E-state index is 0.00546. The van der Waals surface area contributed by atoms with E-state index >= 15 is 0 Å². The molecule has 0 radical (unpaired) electrons. The van der Waals surface area contributed by atoms with Crippen molar-refractivity contribution in [2.45, 2.75) is 41.5 Å². The molecule has 0 atom stereocenters. The number of carbonyl (C=O) groups is 1. The summed E-state index contributed by atoms with van der Waals surface area (Å²) in [4.78, 5) is 11.9. The lowest BCUT2D eigenvalue weighted by Gasteiger charge is -2.22. The van der Waals surface area contributed by atoms with Gasteiger partial charge in [0.2, 0.25) is 0 Å². The Morgan fingerprint density at radius 3 is 1.67 bits per heavy atom. The zero-order valence-corrected chi connectivity index (χ0v) is 10.7. The van der Waals surface area contributed by atoms with Crippen LogP contribution in [0, 0.1) is 23.7 Å². The molecule has 0 rings (SSSR count). The first-order valence-corrected chi connectivity index (χ1v) is 5.71. The minimum Gasteiger partial charge on any atom is -0.512 e. The molecule has 1 N–H and O–H groups in total. The van der Waals surface area contributed by atoms with Gasteiger partial charge in [0.25, 0.3) is 0 Å². The molecular weight excluding hydrogens is 188 g/mol. The molecule has 0 saturated carbocycles. The molecule has 0 heterocycles. The number of allylic oxidation sites excluding steroid dienone is 2. The molecule has 0 aromatic rings. The lowest BCUT2D eigenvalue weighted by Crippen LogP contribution is -2.24. The molecule has 15 heavy (non-hydrogen) atoms. The maximum atomic E-state index is 11.9. The van der Waals surface area contributed by atoms with E-state index in [1.165, 1.54) is 6.08 Å². The Bertz CT molecular complexity index is 229. The van der Waals surface area contributed by atoms with Crippen LogP contribution in [0.4, 0.5) is 0 Å². The summed E-state index contributed by atoms with van der Waals surface area (Å²) in [6, 6.07) is 0. The van der Waals surface area contributed by atoms with Gasteiger partial charge in [-0.25, -0.2) is 0 Å². The average Bonchev–Trinajstić information content (AvgIpc) is 2.01. The predicted molar refractivity (Wildman–Crippen MR) is 63.7 cm³/mol. The van der Waals surface area contributed by atoms with Crippen LogP contribution in [0.5, 0.6) is 0 Å². The Morgan fingerprint density at radius 2 is 1.40 bits per heavy atom. The summed E-state index contributed by atoms with van der Waals surface area (Å²) in [5.74, 6) is 0.889. The highest BCUT2D eigenvalue weighted by Gasteiger charge is 2.24. The summed E-state index contributed by atoms with van der Waals surface area (Å²) in [6.07, 6.45) is 1.40. The fourth-order valence-electron chi connectivity index (χ4n) is 1.84. The molecule has 0 aromatic heterocycles. The Kier molecular flexibility index (Phi) is 5.63. The molecule has 0 unspecified atom stereocenters. The predicted octanol–water partition coefficient (Wildman–Crippen LogP) is 3.58. The van der Waals surface area contributed by atoms with E-state index in [-0.39, 0.29) is 23.4 Å². The van der Waals surface area contributed by atoms with Crippen molar-refractivity contribution in [3.8, 4) is 0 Å². The Labute approximate surface area is 93.4 Å². The summed E-state index contributed by atoms with van der Waals surface area (Å²) in [7, 11) is 0. The molecule has 88 valence electrons. The second-order valence-electron chi connectivity index (χ2n) is 5.14. The van der Waals surface area contributed by atoms with Gasteiger partial charge in [-0.05, 0) is 11.8 Å². The van der Waals surface area contributed by atoms with E-state index in [0.29, 0.717) is 11.8 Å². The van der Waals surface area contributed by atoms with Crippen molar-refractivity contribution in [2.24, 2.45) is 23.7 Å². The van der Waals surface area contributed by atoms with E-state index in [9.17, 15) is 9.90 Å².